The summed E-state index contributed by atoms with van der Waals surface area (Å²) in [6.45, 7) is 1.94. The number of hydrogen-bond acceptors (Lipinski definition) is 4. The number of nitrogens with zero attached hydrogens (tertiary/aromatic N) is 2. The first-order valence-electron chi connectivity index (χ1n) is 7.15. The smallest absolute Gasteiger partial charge is 0.270 e. The largest absolute Gasteiger partial charge is 0.342 e. The molecule has 0 bridgehead atoms. The van der Waals surface area contributed by atoms with Crippen molar-refractivity contribution in [2.45, 2.75) is 12.8 Å². The SMILES string of the molecule is O=c1[nH]c(N2CCCC2)nc2c(-c3ccccc3)csc12. The maximum Gasteiger partial charge on any atom is 0.270 e. The number of rotatable bonds is 2. The Kier molecular flexibility index (Phi) is 3.00. The zero-order chi connectivity index (χ0) is 14.2. The van der Waals surface area contributed by atoms with E-state index < -0.39 is 0 Å². The van der Waals surface area contributed by atoms with Crippen molar-refractivity contribution in [2.24, 2.45) is 0 Å². The second-order valence-corrected chi connectivity index (χ2v) is 6.16. The summed E-state index contributed by atoms with van der Waals surface area (Å²) in [5.74, 6) is 0.709. The van der Waals surface area contributed by atoms with Crippen LogP contribution in [0.4, 0.5) is 5.95 Å². The molecule has 0 unspecified atom stereocenters. The van der Waals surface area contributed by atoms with E-state index in [1.807, 2.05) is 23.6 Å². The van der Waals surface area contributed by atoms with Crippen LogP contribution in [-0.4, -0.2) is 23.1 Å². The minimum Gasteiger partial charge on any atom is -0.342 e. The molecule has 1 aliphatic heterocycles. The third kappa shape index (κ3) is 2.14. The molecular formula is C16H15N3OS. The van der Waals surface area contributed by atoms with Gasteiger partial charge in [-0.25, -0.2) is 4.98 Å². The lowest BCUT2D eigenvalue weighted by atomic mass is 10.1. The Labute approximate surface area is 126 Å². The van der Waals surface area contributed by atoms with Crippen molar-refractivity contribution >= 4 is 27.5 Å². The Balaban J connectivity index is 1.91. The third-order valence-corrected chi connectivity index (χ3v) is 4.87. The number of H-pyrrole nitrogens is 1. The molecule has 0 radical (unpaired) electrons. The van der Waals surface area contributed by atoms with Crippen LogP contribution in [0, 0.1) is 0 Å². The molecule has 0 amide bonds. The normalized spacial score (nSPS) is 15.0. The van der Waals surface area contributed by atoms with Gasteiger partial charge in [0, 0.05) is 24.0 Å². The van der Waals surface area contributed by atoms with Crippen LogP contribution in [0.3, 0.4) is 0 Å². The van der Waals surface area contributed by atoms with Crippen molar-refractivity contribution in [2.75, 3.05) is 18.0 Å². The van der Waals surface area contributed by atoms with Crippen LogP contribution in [0.2, 0.25) is 0 Å². The Morgan fingerprint density at radius 2 is 1.90 bits per heavy atom. The zero-order valence-electron chi connectivity index (χ0n) is 11.5. The molecule has 1 N–H and O–H groups in total. The van der Waals surface area contributed by atoms with Gasteiger partial charge in [-0.2, -0.15) is 0 Å². The van der Waals surface area contributed by atoms with Gasteiger partial charge >= 0.3 is 0 Å². The molecule has 0 spiro atoms. The molecular weight excluding hydrogens is 282 g/mol. The number of fused-ring (bicyclic) bond motifs is 1. The highest BCUT2D eigenvalue weighted by atomic mass is 32.1. The second kappa shape index (κ2) is 5.00. The van der Waals surface area contributed by atoms with Crippen molar-refractivity contribution in [3.63, 3.8) is 0 Å². The molecule has 4 rings (SSSR count). The molecule has 0 atom stereocenters. The number of anilines is 1. The van der Waals surface area contributed by atoms with E-state index in [4.69, 9.17) is 4.98 Å². The minimum absolute atomic E-state index is 0.0333. The molecule has 1 aliphatic rings. The van der Waals surface area contributed by atoms with Crippen LogP contribution >= 0.6 is 11.3 Å². The van der Waals surface area contributed by atoms with Gasteiger partial charge in [0.25, 0.3) is 5.56 Å². The van der Waals surface area contributed by atoms with Crippen molar-refractivity contribution in [3.05, 3.63) is 46.1 Å². The molecule has 3 aromatic rings. The Hall–Kier alpha value is -2.14. The Morgan fingerprint density at radius 1 is 1.14 bits per heavy atom. The van der Waals surface area contributed by atoms with Crippen molar-refractivity contribution in [1.29, 1.82) is 0 Å². The molecule has 21 heavy (non-hydrogen) atoms. The van der Waals surface area contributed by atoms with Crippen molar-refractivity contribution in [1.82, 2.24) is 9.97 Å². The van der Waals surface area contributed by atoms with Crippen LogP contribution in [0.5, 0.6) is 0 Å². The van der Waals surface area contributed by atoms with Crippen LogP contribution in [0.1, 0.15) is 12.8 Å². The summed E-state index contributed by atoms with van der Waals surface area (Å²) in [6.07, 6.45) is 2.33. The fourth-order valence-electron chi connectivity index (χ4n) is 2.82. The molecule has 3 heterocycles. The van der Waals surface area contributed by atoms with E-state index in [-0.39, 0.29) is 5.56 Å². The quantitative estimate of drug-likeness (QED) is 0.790. The standard InChI is InChI=1S/C16H15N3OS/c20-15-14-13(17-16(18-15)19-8-4-5-9-19)12(10-21-14)11-6-2-1-3-7-11/h1-3,6-7,10H,4-5,8-9H2,(H,17,18,20). The summed E-state index contributed by atoms with van der Waals surface area (Å²) in [5.41, 5.74) is 2.93. The number of aromatic amines is 1. The van der Waals surface area contributed by atoms with Gasteiger partial charge in [-0.05, 0) is 18.4 Å². The first kappa shape index (κ1) is 12.6. The van der Waals surface area contributed by atoms with E-state index in [2.05, 4.69) is 22.0 Å². The van der Waals surface area contributed by atoms with Gasteiger partial charge < -0.3 is 4.90 Å². The molecule has 1 aromatic carbocycles. The van der Waals surface area contributed by atoms with Gasteiger partial charge in [0.05, 0.1) is 5.52 Å². The van der Waals surface area contributed by atoms with Gasteiger partial charge in [-0.1, -0.05) is 30.3 Å². The molecule has 1 saturated heterocycles. The first-order valence-corrected chi connectivity index (χ1v) is 8.03. The third-order valence-electron chi connectivity index (χ3n) is 3.90. The molecule has 5 heteroatoms. The Morgan fingerprint density at radius 3 is 2.67 bits per heavy atom. The van der Waals surface area contributed by atoms with E-state index in [1.54, 1.807) is 0 Å². The zero-order valence-corrected chi connectivity index (χ0v) is 12.3. The summed E-state index contributed by atoms with van der Waals surface area (Å²) in [6, 6.07) is 10.1. The summed E-state index contributed by atoms with van der Waals surface area (Å²) in [4.78, 5) is 22.1. The van der Waals surface area contributed by atoms with E-state index in [9.17, 15) is 4.79 Å². The summed E-state index contributed by atoms with van der Waals surface area (Å²) < 4.78 is 0.705. The van der Waals surface area contributed by atoms with Gasteiger partial charge in [0.15, 0.2) is 0 Å². The lowest BCUT2D eigenvalue weighted by Gasteiger charge is -2.15. The number of thiophene rings is 1. The average Bonchev–Trinajstić information content (AvgIpc) is 3.18. The summed E-state index contributed by atoms with van der Waals surface area (Å²) in [5, 5.41) is 2.02. The van der Waals surface area contributed by atoms with Gasteiger partial charge in [0.2, 0.25) is 5.95 Å². The highest BCUT2D eigenvalue weighted by Gasteiger charge is 2.18. The molecule has 2 aromatic heterocycles. The lowest BCUT2D eigenvalue weighted by Crippen LogP contribution is -2.23. The highest BCUT2D eigenvalue weighted by Crippen LogP contribution is 2.31. The lowest BCUT2D eigenvalue weighted by molar-refractivity contribution is 0.901. The maximum absolute atomic E-state index is 12.3. The average molecular weight is 297 g/mol. The van der Waals surface area contributed by atoms with Crippen LogP contribution < -0.4 is 10.5 Å². The fraction of sp³-hybridized carbons (Fsp3) is 0.250. The summed E-state index contributed by atoms with van der Waals surface area (Å²) in [7, 11) is 0. The number of aromatic nitrogens is 2. The van der Waals surface area contributed by atoms with Gasteiger partial charge in [0.1, 0.15) is 4.70 Å². The van der Waals surface area contributed by atoms with E-state index in [1.165, 1.54) is 11.3 Å². The van der Waals surface area contributed by atoms with Crippen molar-refractivity contribution < 1.29 is 0 Å². The monoisotopic (exact) mass is 297 g/mol. The fourth-order valence-corrected chi connectivity index (χ4v) is 3.73. The van der Waals surface area contributed by atoms with Crippen LogP contribution in [-0.2, 0) is 0 Å². The van der Waals surface area contributed by atoms with Crippen LogP contribution in [0.25, 0.3) is 21.3 Å². The molecule has 4 nitrogen and oxygen atoms in total. The minimum atomic E-state index is -0.0333. The first-order chi connectivity index (χ1) is 10.3. The molecule has 0 saturated carbocycles. The van der Waals surface area contributed by atoms with E-state index >= 15 is 0 Å². The van der Waals surface area contributed by atoms with Gasteiger partial charge in [-0.3, -0.25) is 9.78 Å². The summed E-state index contributed by atoms with van der Waals surface area (Å²) >= 11 is 1.46. The number of benzene rings is 1. The van der Waals surface area contributed by atoms with Gasteiger partial charge in [-0.15, -0.1) is 11.3 Å². The topological polar surface area (TPSA) is 49.0 Å². The maximum atomic E-state index is 12.3. The van der Waals surface area contributed by atoms with Crippen molar-refractivity contribution in [3.8, 4) is 11.1 Å². The predicted molar refractivity (Wildman–Crippen MR) is 87.1 cm³/mol. The van der Waals surface area contributed by atoms with Crippen LogP contribution in [0.15, 0.2) is 40.5 Å². The second-order valence-electron chi connectivity index (χ2n) is 5.28. The number of nitrogens with one attached hydrogen (secondary N) is 1. The molecule has 0 aliphatic carbocycles. The molecule has 106 valence electrons. The molecule has 1 fully saturated rings. The Bertz CT molecular complexity index is 832. The van der Waals surface area contributed by atoms with E-state index in [0.717, 1.165) is 42.6 Å². The predicted octanol–water partition coefficient (Wildman–Crippen LogP) is 3.25. The van der Waals surface area contributed by atoms with E-state index in [0.29, 0.717) is 10.6 Å². The number of hydrogen-bond donors (Lipinski definition) is 1. The highest BCUT2D eigenvalue weighted by molar-refractivity contribution is 7.17.